The standard InChI is InChI=1S/C11H8F3NOS.C6H14.2C2H6/c1-17-6-2-3-9-7(4-6)8(11(12,13)14)5-10(16)15-9;1-4-5-6(2)3;2*1-2/h2-5H,1H3,(H,15,16);6H,4-5H2,1-3H3;2*1-2H3. The molecule has 2 rings (SSSR count). The van der Waals surface area contributed by atoms with Crippen LogP contribution in [0.3, 0.4) is 0 Å². The Kier molecular flexibility index (Phi) is 15.0. The van der Waals surface area contributed by atoms with E-state index in [2.05, 4.69) is 25.8 Å². The Bertz CT molecular complexity index is 694. The summed E-state index contributed by atoms with van der Waals surface area (Å²) in [6, 6.07) is 5.17. The largest absolute Gasteiger partial charge is 0.417 e. The normalized spacial score (nSPS) is 10.2. The molecule has 1 heterocycles. The Morgan fingerprint density at radius 3 is 2.00 bits per heavy atom. The average Bonchev–Trinajstić information content (AvgIpc) is 2.63. The number of halogens is 3. The van der Waals surface area contributed by atoms with Crippen molar-refractivity contribution in [1.29, 1.82) is 0 Å². The Morgan fingerprint density at radius 1 is 1.07 bits per heavy atom. The highest BCUT2D eigenvalue weighted by Gasteiger charge is 2.33. The van der Waals surface area contributed by atoms with Crippen molar-refractivity contribution in [3.63, 3.8) is 0 Å². The fourth-order valence-electron chi connectivity index (χ4n) is 2.17. The number of hydrogen-bond donors (Lipinski definition) is 1. The highest BCUT2D eigenvalue weighted by Crippen LogP contribution is 2.34. The molecule has 1 aromatic carbocycles. The van der Waals surface area contributed by atoms with E-state index >= 15 is 0 Å². The van der Waals surface area contributed by atoms with Crippen molar-refractivity contribution in [2.24, 2.45) is 5.92 Å². The van der Waals surface area contributed by atoms with E-state index in [4.69, 9.17) is 0 Å². The predicted molar refractivity (Wildman–Crippen MR) is 114 cm³/mol. The van der Waals surface area contributed by atoms with Gasteiger partial charge in [0.1, 0.15) is 0 Å². The van der Waals surface area contributed by atoms with Crippen LogP contribution in [0.25, 0.3) is 10.9 Å². The van der Waals surface area contributed by atoms with Crippen LogP contribution < -0.4 is 5.56 Å². The number of H-pyrrole nitrogens is 1. The Balaban J connectivity index is 0. The molecule has 1 aromatic heterocycles. The summed E-state index contributed by atoms with van der Waals surface area (Å²) in [7, 11) is 0. The van der Waals surface area contributed by atoms with Gasteiger partial charge >= 0.3 is 6.18 Å². The van der Waals surface area contributed by atoms with Crippen LogP contribution in [0.2, 0.25) is 0 Å². The van der Waals surface area contributed by atoms with E-state index in [1.165, 1.54) is 36.7 Å². The molecule has 27 heavy (non-hydrogen) atoms. The average molecular weight is 406 g/mol. The minimum Gasteiger partial charge on any atom is -0.322 e. The SMILES string of the molecule is CC.CC.CCCC(C)C.CSc1ccc2[nH]c(=O)cc(C(F)(F)F)c2c1. The van der Waals surface area contributed by atoms with E-state index in [1.807, 2.05) is 27.7 Å². The molecule has 2 aromatic rings. The third-order valence-electron chi connectivity index (χ3n) is 3.22. The smallest absolute Gasteiger partial charge is 0.322 e. The van der Waals surface area contributed by atoms with Crippen molar-refractivity contribution in [2.75, 3.05) is 6.26 Å². The number of benzene rings is 1. The van der Waals surface area contributed by atoms with E-state index in [-0.39, 0.29) is 10.9 Å². The molecule has 0 atom stereocenters. The van der Waals surface area contributed by atoms with E-state index in [0.717, 1.165) is 10.8 Å². The van der Waals surface area contributed by atoms with Crippen molar-refractivity contribution >= 4 is 22.7 Å². The number of hydrogen-bond acceptors (Lipinski definition) is 2. The van der Waals surface area contributed by atoms with Gasteiger partial charge in [-0.1, -0.05) is 61.3 Å². The van der Waals surface area contributed by atoms with Crippen LogP contribution in [0.1, 0.15) is 66.9 Å². The van der Waals surface area contributed by atoms with Crippen LogP contribution >= 0.6 is 11.8 Å². The molecule has 0 saturated heterocycles. The molecule has 0 unspecified atom stereocenters. The molecule has 0 radical (unpaired) electrons. The molecule has 0 saturated carbocycles. The van der Waals surface area contributed by atoms with E-state index < -0.39 is 17.3 Å². The topological polar surface area (TPSA) is 32.9 Å². The summed E-state index contributed by atoms with van der Waals surface area (Å²) >= 11 is 1.35. The fraction of sp³-hybridized carbons (Fsp3) is 0.571. The molecule has 0 amide bonds. The minimum absolute atomic E-state index is 0.0175. The van der Waals surface area contributed by atoms with E-state index in [1.54, 1.807) is 12.3 Å². The number of pyridine rings is 1. The molecular weight excluding hydrogens is 371 g/mol. The number of thioether (sulfide) groups is 1. The molecule has 0 spiro atoms. The van der Waals surface area contributed by atoms with E-state index in [9.17, 15) is 18.0 Å². The monoisotopic (exact) mass is 405 g/mol. The molecule has 6 heteroatoms. The maximum atomic E-state index is 12.8. The second-order valence-corrected chi connectivity index (χ2v) is 6.52. The lowest BCUT2D eigenvalue weighted by Crippen LogP contribution is -2.13. The van der Waals surface area contributed by atoms with Crippen LogP contribution in [-0.4, -0.2) is 11.2 Å². The first-order valence-corrected chi connectivity index (χ1v) is 10.7. The summed E-state index contributed by atoms with van der Waals surface area (Å²) in [6.45, 7) is 14.7. The Hall–Kier alpha value is -1.43. The van der Waals surface area contributed by atoms with Gasteiger partial charge in [0.15, 0.2) is 0 Å². The predicted octanol–water partition coefficient (Wildman–Crippen LogP) is 7.76. The number of fused-ring (bicyclic) bond motifs is 1. The van der Waals surface area contributed by atoms with Gasteiger partial charge in [0.25, 0.3) is 0 Å². The number of rotatable bonds is 3. The van der Waals surface area contributed by atoms with E-state index in [0.29, 0.717) is 6.07 Å². The van der Waals surface area contributed by atoms with Crippen molar-refractivity contribution in [2.45, 2.75) is 72.4 Å². The first-order chi connectivity index (χ1) is 12.7. The van der Waals surface area contributed by atoms with Gasteiger partial charge in [-0.3, -0.25) is 4.79 Å². The zero-order valence-electron chi connectivity index (χ0n) is 17.8. The first-order valence-electron chi connectivity index (χ1n) is 9.47. The van der Waals surface area contributed by atoms with Crippen LogP contribution in [0, 0.1) is 5.92 Å². The summed E-state index contributed by atoms with van der Waals surface area (Å²) in [6.07, 6.45) is -0.0404. The maximum absolute atomic E-state index is 12.8. The first kappa shape index (κ1) is 27.8. The summed E-state index contributed by atoms with van der Waals surface area (Å²) in [4.78, 5) is 14.3. The number of nitrogens with one attached hydrogen (secondary N) is 1. The van der Waals surface area contributed by atoms with Crippen molar-refractivity contribution < 1.29 is 13.2 Å². The summed E-state index contributed by atoms with van der Waals surface area (Å²) in [5, 5.41) is 0.0175. The van der Waals surface area contributed by atoms with Crippen molar-refractivity contribution in [3.05, 3.63) is 40.2 Å². The molecule has 0 aliphatic rings. The summed E-state index contributed by atoms with van der Waals surface area (Å²) in [5.41, 5.74) is -1.45. The lowest BCUT2D eigenvalue weighted by Gasteiger charge is -2.10. The van der Waals surface area contributed by atoms with Crippen molar-refractivity contribution in [1.82, 2.24) is 4.98 Å². The Labute approximate surface area is 166 Å². The number of alkyl halides is 3. The highest BCUT2D eigenvalue weighted by atomic mass is 32.2. The molecule has 156 valence electrons. The zero-order valence-corrected chi connectivity index (χ0v) is 18.6. The molecular formula is C21H34F3NOS. The molecule has 0 aliphatic heterocycles. The van der Waals surface area contributed by atoms with Gasteiger partial charge in [-0.05, 0) is 30.4 Å². The van der Waals surface area contributed by atoms with Crippen LogP contribution in [0.15, 0.2) is 34.0 Å². The Morgan fingerprint density at radius 2 is 1.63 bits per heavy atom. The van der Waals surface area contributed by atoms with Crippen LogP contribution in [0.5, 0.6) is 0 Å². The maximum Gasteiger partial charge on any atom is 0.417 e. The van der Waals surface area contributed by atoms with Gasteiger partial charge < -0.3 is 4.98 Å². The molecule has 0 bridgehead atoms. The van der Waals surface area contributed by atoms with Gasteiger partial charge in [0.2, 0.25) is 5.56 Å². The lowest BCUT2D eigenvalue weighted by atomic mass is 10.1. The van der Waals surface area contributed by atoms with Gasteiger partial charge in [-0.15, -0.1) is 11.8 Å². The van der Waals surface area contributed by atoms with Crippen LogP contribution in [-0.2, 0) is 6.18 Å². The highest BCUT2D eigenvalue weighted by molar-refractivity contribution is 7.98. The summed E-state index contributed by atoms with van der Waals surface area (Å²) in [5.74, 6) is 0.898. The van der Waals surface area contributed by atoms with Crippen LogP contribution in [0.4, 0.5) is 13.2 Å². The third kappa shape index (κ3) is 10.5. The van der Waals surface area contributed by atoms with Gasteiger partial charge in [-0.25, -0.2) is 0 Å². The lowest BCUT2D eigenvalue weighted by molar-refractivity contribution is -0.136. The fourth-order valence-corrected chi connectivity index (χ4v) is 2.61. The molecule has 0 aliphatic carbocycles. The van der Waals surface area contributed by atoms with Gasteiger partial charge in [0.05, 0.1) is 5.56 Å². The number of aromatic amines is 1. The number of aromatic nitrogens is 1. The molecule has 2 nitrogen and oxygen atoms in total. The minimum atomic E-state index is -4.52. The zero-order chi connectivity index (χ0) is 21.6. The van der Waals surface area contributed by atoms with Gasteiger partial charge in [0, 0.05) is 21.9 Å². The summed E-state index contributed by atoms with van der Waals surface area (Å²) < 4.78 is 38.3. The van der Waals surface area contributed by atoms with Crippen molar-refractivity contribution in [3.8, 4) is 0 Å². The quantitative estimate of drug-likeness (QED) is 0.529. The third-order valence-corrected chi connectivity index (χ3v) is 3.95. The molecule has 0 fully saturated rings. The second kappa shape index (κ2) is 14.6. The molecule has 1 N–H and O–H groups in total. The second-order valence-electron chi connectivity index (χ2n) is 5.64. The van der Waals surface area contributed by atoms with Gasteiger partial charge in [-0.2, -0.15) is 13.2 Å².